The van der Waals surface area contributed by atoms with Gasteiger partial charge < -0.3 is 5.32 Å². The van der Waals surface area contributed by atoms with Crippen molar-refractivity contribution in [2.75, 3.05) is 6.54 Å². The van der Waals surface area contributed by atoms with Crippen molar-refractivity contribution in [2.24, 2.45) is 17.8 Å². The fraction of sp³-hybridized carbons (Fsp3) is 0.611. The van der Waals surface area contributed by atoms with Crippen molar-refractivity contribution in [3.63, 3.8) is 0 Å². The molecule has 0 saturated heterocycles. The highest BCUT2D eigenvalue weighted by Gasteiger charge is 2.42. The van der Waals surface area contributed by atoms with Gasteiger partial charge in [-0.3, -0.25) is 4.79 Å². The molecule has 2 N–H and O–H groups in total. The minimum atomic E-state index is -3.54. The van der Waals surface area contributed by atoms with Crippen molar-refractivity contribution in [3.8, 4) is 0 Å². The molecule has 0 radical (unpaired) electrons. The lowest BCUT2D eigenvalue weighted by Crippen LogP contribution is -2.38. The van der Waals surface area contributed by atoms with Crippen LogP contribution in [0.4, 0.5) is 0 Å². The Balaban J connectivity index is 1.45. The first-order valence-corrected chi connectivity index (χ1v) is 10.4. The Hall–Kier alpha value is -1.40. The summed E-state index contributed by atoms with van der Waals surface area (Å²) in [4.78, 5) is 12.7. The van der Waals surface area contributed by atoms with Gasteiger partial charge in [-0.1, -0.05) is 6.07 Å². The summed E-state index contributed by atoms with van der Waals surface area (Å²) in [5, 5.41) is 3.14. The molecular formula is C18H24N2O3S. The Morgan fingerprint density at radius 1 is 1.08 bits per heavy atom. The first-order valence-electron chi connectivity index (χ1n) is 8.93. The van der Waals surface area contributed by atoms with Crippen LogP contribution >= 0.6 is 0 Å². The van der Waals surface area contributed by atoms with Gasteiger partial charge in [0.2, 0.25) is 10.0 Å². The number of benzene rings is 1. The van der Waals surface area contributed by atoms with E-state index in [4.69, 9.17) is 0 Å². The molecule has 1 amide bonds. The second-order valence-corrected chi connectivity index (χ2v) is 9.26. The number of hydrogen-bond donors (Lipinski definition) is 2. The van der Waals surface area contributed by atoms with Gasteiger partial charge in [0.25, 0.3) is 5.91 Å². The molecule has 0 bridgehead atoms. The molecule has 130 valence electrons. The Bertz CT molecular complexity index is 722. The number of hydrogen-bond acceptors (Lipinski definition) is 3. The minimum Gasteiger partial charge on any atom is -0.349 e. The zero-order valence-electron chi connectivity index (χ0n) is 13.7. The Labute approximate surface area is 143 Å². The molecule has 0 spiro atoms. The van der Waals surface area contributed by atoms with Crippen LogP contribution in [0.1, 0.15) is 48.9 Å². The van der Waals surface area contributed by atoms with Gasteiger partial charge in [-0.15, -0.1) is 0 Å². The van der Waals surface area contributed by atoms with E-state index in [0.29, 0.717) is 29.9 Å². The number of nitrogens with one attached hydrogen (secondary N) is 2. The highest BCUT2D eigenvalue weighted by molar-refractivity contribution is 7.89. The zero-order chi connectivity index (χ0) is 16.7. The predicted octanol–water partition coefficient (Wildman–Crippen LogP) is 2.29. The standard InChI is InChI=1S/C18H24N2O3S/c21-18(20-17(13-6-7-13)14-8-9-14)15-2-1-3-16(10-15)24(22,23)19-11-12-4-5-12/h1-3,10,12-14,17,19H,4-9,11H2,(H,20,21). The number of carbonyl (C=O) groups excluding carboxylic acids is 1. The fourth-order valence-corrected chi connectivity index (χ4v) is 4.36. The van der Waals surface area contributed by atoms with Crippen LogP contribution in [-0.2, 0) is 10.0 Å². The van der Waals surface area contributed by atoms with E-state index in [-0.39, 0.29) is 16.8 Å². The molecule has 0 unspecified atom stereocenters. The number of amides is 1. The summed E-state index contributed by atoms with van der Waals surface area (Å²) in [5.74, 6) is 1.56. The van der Waals surface area contributed by atoms with Crippen molar-refractivity contribution in [2.45, 2.75) is 49.5 Å². The molecule has 4 rings (SSSR count). The van der Waals surface area contributed by atoms with E-state index in [0.717, 1.165) is 12.8 Å². The highest BCUT2D eigenvalue weighted by Crippen LogP contribution is 2.44. The number of rotatable bonds is 8. The molecular weight excluding hydrogens is 324 g/mol. The molecule has 3 aliphatic rings. The van der Waals surface area contributed by atoms with Gasteiger partial charge in [0.1, 0.15) is 0 Å². The second kappa shape index (κ2) is 6.15. The normalized spacial score (nSPS) is 21.0. The van der Waals surface area contributed by atoms with Crippen LogP contribution in [-0.4, -0.2) is 26.9 Å². The average Bonchev–Trinajstić information content (AvgIpc) is 3.42. The molecule has 1 aromatic carbocycles. The van der Waals surface area contributed by atoms with Crippen molar-refractivity contribution >= 4 is 15.9 Å². The van der Waals surface area contributed by atoms with Gasteiger partial charge in [-0.05, 0) is 74.5 Å². The van der Waals surface area contributed by atoms with Crippen molar-refractivity contribution in [1.29, 1.82) is 0 Å². The third-order valence-corrected chi connectivity index (χ3v) is 6.64. The topological polar surface area (TPSA) is 75.3 Å². The van der Waals surface area contributed by atoms with Gasteiger partial charge in [-0.2, -0.15) is 0 Å². The minimum absolute atomic E-state index is 0.155. The maximum Gasteiger partial charge on any atom is 0.251 e. The van der Waals surface area contributed by atoms with E-state index in [1.807, 2.05) is 0 Å². The molecule has 0 aromatic heterocycles. The van der Waals surface area contributed by atoms with E-state index in [2.05, 4.69) is 10.0 Å². The summed E-state index contributed by atoms with van der Waals surface area (Å²) in [6.07, 6.45) is 6.97. The molecule has 0 heterocycles. The fourth-order valence-electron chi connectivity index (χ4n) is 3.20. The van der Waals surface area contributed by atoms with Crippen LogP contribution in [0.5, 0.6) is 0 Å². The number of sulfonamides is 1. The quantitative estimate of drug-likeness (QED) is 0.757. The molecule has 1 aromatic rings. The molecule has 3 saturated carbocycles. The van der Waals surface area contributed by atoms with Gasteiger partial charge in [0.15, 0.2) is 0 Å². The zero-order valence-corrected chi connectivity index (χ0v) is 14.5. The monoisotopic (exact) mass is 348 g/mol. The van der Waals surface area contributed by atoms with E-state index in [1.54, 1.807) is 18.2 Å². The lowest BCUT2D eigenvalue weighted by atomic mass is 10.1. The smallest absolute Gasteiger partial charge is 0.251 e. The largest absolute Gasteiger partial charge is 0.349 e. The maximum atomic E-state index is 12.5. The first-order chi connectivity index (χ1) is 11.5. The highest BCUT2D eigenvalue weighted by atomic mass is 32.2. The van der Waals surface area contributed by atoms with Gasteiger partial charge in [-0.25, -0.2) is 13.1 Å². The SMILES string of the molecule is O=C(NC(C1CC1)C1CC1)c1cccc(S(=O)(=O)NCC2CC2)c1. The molecule has 0 aliphatic heterocycles. The predicted molar refractivity (Wildman–Crippen MR) is 91.1 cm³/mol. The van der Waals surface area contributed by atoms with Crippen LogP contribution in [0.3, 0.4) is 0 Å². The van der Waals surface area contributed by atoms with Crippen LogP contribution in [0, 0.1) is 17.8 Å². The lowest BCUT2D eigenvalue weighted by molar-refractivity contribution is 0.0926. The molecule has 24 heavy (non-hydrogen) atoms. The van der Waals surface area contributed by atoms with Crippen LogP contribution in [0.2, 0.25) is 0 Å². The summed E-state index contributed by atoms with van der Waals surface area (Å²) >= 11 is 0. The molecule has 3 aliphatic carbocycles. The molecule has 5 nitrogen and oxygen atoms in total. The summed E-state index contributed by atoms with van der Waals surface area (Å²) in [7, 11) is -3.54. The second-order valence-electron chi connectivity index (χ2n) is 7.50. The van der Waals surface area contributed by atoms with Gasteiger partial charge in [0, 0.05) is 18.2 Å². The maximum absolute atomic E-state index is 12.5. The summed E-state index contributed by atoms with van der Waals surface area (Å²) in [6, 6.07) is 6.63. The van der Waals surface area contributed by atoms with Crippen molar-refractivity contribution in [1.82, 2.24) is 10.0 Å². The first kappa shape index (κ1) is 16.1. The number of carbonyl (C=O) groups is 1. The van der Waals surface area contributed by atoms with Gasteiger partial charge >= 0.3 is 0 Å². The van der Waals surface area contributed by atoms with E-state index < -0.39 is 10.0 Å². The Kier molecular flexibility index (Phi) is 4.12. The summed E-state index contributed by atoms with van der Waals surface area (Å²) < 4.78 is 27.4. The third-order valence-electron chi connectivity index (χ3n) is 5.22. The molecule has 0 atom stereocenters. The Morgan fingerprint density at radius 2 is 1.75 bits per heavy atom. The third kappa shape index (κ3) is 3.81. The Morgan fingerprint density at radius 3 is 2.33 bits per heavy atom. The van der Waals surface area contributed by atoms with E-state index in [9.17, 15) is 13.2 Å². The van der Waals surface area contributed by atoms with Gasteiger partial charge in [0.05, 0.1) is 4.90 Å². The van der Waals surface area contributed by atoms with E-state index >= 15 is 0 Å². The van der Waals surface area contributed by atoms with Crippen molar-refractivity contribution in [3.05, 3.63) is 29.8 Å². The average molecular weight is 348 g/mol. The van der Waals surface area contributed by atoms with E-state index in [1.165, 1.54) is 31.7 Å². The molecule has 3 fully saturated rings. The van der Waals surface area contributed by atoms with Crippen LogP contribution in [0.25, 0.3) is 0 Å². The summed E-state index contributed by atoms with van der Waals surface area (Å²) in [6.45, 7) is 0.490. The summed E-state index contributed by atoms with van der Waals surface area (Å²) in [5.41, 5.74) is 0.426. The van der Waals surface area contributed by atoms with Crippen molar-refractivity contribution < 1.29 is 13.2 Å². The van der Waals surface area contributed by atoms with Crippen LogP contribution < -0.4 is 10.0 Å². The molecule has 6 heteroatoms. The van der Waals surface area contributed by atoms with Crippen LogP contribution in [0.15, 0.2) is 29.2 Å². The lowest BCUT2D eigenvalue weighted by Gasteiger charge is -2.18.